The van der Waals surface area contributed by atoms with Crippen molar-refractivity contribution >= 4 is 26.7 Å². The number of fused-ring (bicyclic) bond motifs is 1. The number of nitrogens with zero attached hydrogens (tertiary/aromatic N) is 3. The van der Waals surface area contributed by atoms with Crippen LogP contribution >= 0.6 is 0 Å². The van der Waals surface area contributed by atoms with E-state index in [0.29, 0.717) is 11.2 Å². The van der Waals surface area contributed by atoms with E-state index in [1.54, 1.807) is 18.2 Å². The van der Waals surface area contributed by atoms with Gasteiger partial charge in [0.25, 0.3) is 10.0 Å². The van der Waals surface area contributed by atoms with Crippen LogP contribution in [-0.2, 0) is 17.1 Å². The maximum Gasteiger partial charge on any atom is 0.263 e. The van der Waals surface area contributed by atoms with Crippen molar-refractivity contribution < 1.29 is 12.8 Å². The van der Waals surface area contributed by atoms with E-state index in [9.17, 15) is 12.8 Å². The van der Waals surface area contributed by atoms with E-state index in [0.717, 1.165) is 29.8 Å². The zero-order chi connectivity index (χ0) is 15.9. The molecule has 0 bridgehead atoms. The number of halogens is 1. The number of hydrogen-bond acceptors (Lipinski definition) is 4. The highest BCUT2D eigenvalue weighted by Gasteiger charge is 2.16. The fourth-order valence-corrected chi connectivity index (χ4v) is 3.16. The third-order valence-corrected chi connectivity index (χ3v) is 4.70. The summed E-state index contributed by atoms with van der Waals surface area (Å²) in [5.41, 5.74) is 1.93. The first-order chi connectivity index (χ1) is 10.4. The summed E-state index contributed by atoms with van der Waals surface area (Å²) in [6.45, 7) is 1.86. The number of sulfonamides is 1. The van der Waals surface area contributed by atoms with Crippen LogP contribution in [0.4, 0.5) is 10.1 Å². The zero-order valence-corrected chi connectivity index (χ0v) is 12.7. The molecule has 8 heteroatoms. The van der Waals surface area contributed by atoms with Crippen LogP contribution in [0.1, 0.15) is 5.82 Å². The van der Waals surface area contributed by atoms with Crippen LogP contribution in [0.25, 0.3) is 11.0 Å². The molecule has 0 fully saturated rings. The number of pyridine rings is 1. The smallest absolute Gasteiger partial charge is 0.263 e. The summed E-state index contributed by atoms with van der Waals surface area (Å²) in [6, 6.07) is 5.95. The van der Waals surface area contributed by atoms with Crippen LogP contribution in [0.15, 0.2) is 41.6 Å². The largest absolute Gasteiger partial charge is 0.331 e. The topological polar surface area (TPSA) is 76.9 Å². The quantitative estimate of drug-likeness (QED) is 0.803. The van der Waals surface area contributed by atoms with Crippen LogP contribution in [0, 0.1) is 12.7 Å². The van der Waals surface area contributed by atoms with Gasteiger partial charge in [-0.1, -0.05) is 0 Å². The SMILES string of the molecule is Cc1nc2cc(NS(=O)(=O)c3cncc(F)c3)ccc2n1C. The molecule has 1 aromatic carbocycles. The molecule has 3 rings (SSSR count). The number of hydrogen-bond donors (Lipinski definition) is 1. The van der Waals surface area contributed by atoms with Gasteiger partial charge in [-0.15, -0.1) is 0 Å². The van der Waals surface area contributed by atoms with Gasteiger partial charge in [0.2, 0.25) is 0 Å². The van der Waals surface area contributed by atoms with Gasteiger partial charge < -0.3 is 4.57 Å². The van der Waals surface area contributed by atoms with E-state index >= 15 is 0 Å². The fraction of sp³-hybridized carbons (Fsp3) is 0.143. The summed E-state index contributed by atoms with van der Waals surface area (Å²) in [5.74, 6) is 0.114. The average molecular weight is 320 g/mol. The van der Waals surface area contributed by atoms with Crippen molar-refractivity contribution in [3.8, 4) is 0 Å². The summed E-state index contributed by atoms with van der Waals surface area (Å²) < 4.78 is 41.9. The highest BCUT2D eigenvalue weighted by molar-refractivity contribution is 7.92. The summed E-state index contributed by atoms with van der Waals surface area (Å²) in [7, 11) is -2.01. The highest BCUT2D eigenvalue weighted by atomic mass is 32.2. The first-order valence-electron chi connectivity index (χ1n) is 6.43. The highest BCUT2D eigenvalue weighted by Crippen LogP contribution is 2.22. The Morgan fingerprint density at radius 1 is 1.23 bits per heavy atom. The minimum absolute atomic E-state index is 0.232. The number of benzene rings is 1. The van der Waals surface area contributed by atoms with Crippen molar-refractivity contribution in [2.75, 3.05) is 4.72 Å². The van der Waals surface area contributed by atoms with E-state index in [1.165, 1.54) is 0 Å². The molecule has 0 unspecified atom stereocenters. The molecule has 2 heterocycles. The van der Waals surface area contributed by atoms with Crippen molar-refractivity contribution in [1.82, 2.24) is 14.5 Å². The predicted molar refractivity (Wildman–Crippen MR) is 80.5 cm³/mol. The summed E-state index contributed by atoms with van der Waals surface area (Å²) in [6.07, 6.45) is 2.04. The lowest BCUT2D eigenvalue weighted by Crippen LogP contribution is -2.13. The lowest BCUT2D eigenvalue weighted by atomic mass is 10.3. The van der Waals surface area contributed by atoms with Crippen LogP contribution in [0.3, 0.4) is 0 Å². The number of aromatic nitrogens is 3. The van der Waals surface area contributed by atoms with Crippen LogP contribution in [0.2, 0.25) is 0 Å². The number of rotatable bonds is 3. The molecule has 6 nitrogen and oxygen atoms in total. The molecule has 0 saturated carbocycles. The van der Waals surface area contributed by atoms with Gasteiger partial charge in [-0.05, 0) is 31.2 Å². The molecule has 0 aliphatic rings. The minimum Gasteiger partial charge on any atom is -0.331 e. The van der Waals surface area contributed by atoms with Gasteiger partial charge in [-0.2, -0.15) is 0 Å². The Bertz CT molecular complexity index is 966. The Morgan fingerprint density at radius 3 is 2.73 bits per heavy atom. The third-order valence-electron chi connectivity index (χ3n) is 3.35. The van der Waals surface area contributed by atoms with Gasteiger partial charge in [-0.25, -0.2) is 17.8 Å². The Kier molecular flexibility index (Phi) is 3.32. The molecule has 22 heavy (non-hydrogen) atoms. The average Bonchev–Trinajstić information content (AvgIpc) is 2.73. The van der Waals surface area contributed by atoms with Crippen molar-refractivity contribution in [2.45, 2.75) is 11.8 Å². The molecule has 3 aromatic rings. The van der Waals surface area contributed by atoms with Gasteiger partial charge >= 0.3 is 0 Å². The zero-order valence-electron chi connectivity index (χ0n) is 11.9. The third kappa shape index (κ3) is 2.52. The minimum atomic E-state index is -3.89. The van der Waals surface area contributed by atoms with Gasteiger partial charge in [0.1, 0.15) is 16.5 Å². The predicted octanol–water partition coefficient (Wildman–Crippen LogP) is 2.22. The second kappa shape index (κ2) is 5.06. The van der Waals surface area contributed by atoms with E-state index in [-0.39, 0.29) is 4.90 Å². The Morgan fingerprint density at radius 2 is 2.00 bits per heavy atom. The van der Waals surface area contributed by atoms with Gasteiger partial charge in [-0.3, -0.25) is 9.71 Å². The molecule has 0 saturated heterocycles. The molecule has 2 aromatic heterocycles. The molecule has 1 N–H and O–H groups in total. The lowest BCUT2D eigenvalue weighted by molar-refractivity contribution is 0.592. The van der Waals surface area contributed by atoms with Gasteiger partial charge in [0.15, 0.2) is 0 Å². The summed E-state index contributed by atoms with van der Waals surface area (Å²) in [4.78, 5) is 7.66. The number of imidazole rings is 1. The van der Waals surface area contributed by atoms with E-state index in [4.69, 9.17) is 0 Å². The molecular formula is C14H13FN4O2S. The second-order valence-corrected chi connectivity index (χ2v) is 6.55. The molecule has 0 amide bonds. The Balaban J connectivity index is 1.98. The van der Waals surface area contributed by atoms with Gasteiger partial charge in [0, 0.05) is 13.2 Å². The summed E-state index contributed by atoms with van der Waals surface area (Å²) >= 11 is 0. The van der Waals surface area contributed by atoms with E-state index in [1.807, 2.05) is 18.5 Å². The van der Waals surface area contributed by atoms with Crippen molar-refractivity contribution in [2.24, 2.45) is 7.05 Å². The van der Waals surface area contributed by atoms with Crippen LogP contribution in [0.5, 0.6) is 0 Å². The van der Waals surface area contributed by atoms with E-state index < -0.39 is 15.8 Å². The normalized spacial score (nSPS) is 11.8. The fourth-order valence-electron chi connectivity index (χ4n) is 2.14. The lowest BCUT2D eigenvalue weighted by Gasteiger charge is -2.08. The van der Waals surface area contributed by atoms with E-state index in [2.05, 4.69) is 14.7 Å². The first-order valence-corrected chi connectivity index (χ1v) is 7.91. The maximum atomic E-state index is 13.1. The number of anilines is 1. The van der Waals surface area contributed by atoms with Crippen molar-refractivity contribution in [3.05, 3.63) is 48.3 Å². The molecule has 0 radical (unpaired) electrons. The molecule has 0 aliphatic carbocycles. The summed E-state index contributed by atoms with van der Waals surface area (Å²) in [5, 5.41) is 0. The molecule has 0 aliphatic heterocycles. The van der Waals surface area contributed by atoms with Crippen LogP contribution < -0.4 is 4.72 Å². The first kappa shape index (κ1) is 14.5. The monoisotopic (exact) mass is 320 g/mol. The van der Waals surface area contributed by atoms with Crippen molar-refractivity contribution in [3.63, 3.8) is 0 Å². The van der Waals surface area contributed by atoms with Gasteiger partial charge in [0.05, 0.1) is 22.9 Å². The Labute approximate surface area is 126 Å². The maximum absolute atomic E-state index is 13.1. The number of nitrogens with one attached hydrogen (secondary N) is 1. The molecule has 0 atom stereocenters. The Hall–Kier alpha value is -2.48. The molecular weight excluding hydrogens is 307 g/mol. The standard InChI is InChI=1S/C14H13FN4O2S/c1-9-17-13-6-11(3-4-14(13)19(9)2)18-22(20,21)12-5-10(15)7-16-8-12/h3-8,18H,1-2H3. The van der Waals surface area contributed by atoms with Crippen LogP contribution in [-0.4, -0.2) is 23.0 Å². The second-order valence-electron chi connectivity index (χ2n) is 4.87. The molecule has 0 spiro atoms. The number of aryl methyl sites for hydroxylation is 2. The van der Waals surface area contributed by atoms with Crippen molar-refractivity contribution in [1.29, 1.82) is 0 Å². The molecule has 114 valence electrons.